The van der Waals surface area contributed by atoms with Crippen molar-refractivity contribution in [2.45, 2.75) is 6.92 Å². The molecular formula is C8H12ClN3O. The zero-order valence-corrected chi connectivity index (χ0v) is 8.21. The van der Waals surface area contributed by atoms with E-state index in [1.807, 2.05) is 6.92 Å². The normalized spacial score (nSPS) is 9.69. The van der Waals surface area contributed by atoms with Crippen molar-refractivity contribution in [1.82, 2.24) is 9.97 Å². The third-order valence-electron chi connectivity index (χ3n) is 1.33. The molecule has 5 heteroatoms. The van der Waals surface area contributed by atoms with E-state index in [9.17, 15) is 0 Å². The average molecular weight is 202 g/mol. The highest BCUT2D eigenvalue weighted by Gasteiger charge is 1.97. The molecule has 1 N–H and O–H groups in total. The van der Waals surface area contributed by atoms with Crippen molar-refractivity contribution in [3.63, 3.8) is 0 Å². The highest BCUT2D eigenvalue weighted by Crippen LogP contribution is 2.10. The molecule has 0 atom stereocenters. The molecule has 1 aromatic heterocycles. The summed E-state index contributed by atoms with van der Waals surface area (Å²) in [5, 5.41) is 3.03. The number of rotatable bonds is 5. The molecule has 0 aliphatic heterocycles. The first kappa shape index (κ1) is 10.1. The number of hydrogen-bond acceptors (Lipinski definition) is 4. The first-order valence-electron chi connectivity index (χ1n) is 4.11. The van der Waals surface area contributed by atoms with Crippen LogP contribution in [0.4, 0.5) is 5.82 Å². The quantitative estimate of drug-likeness (QED) is 0.734. The Morgan fingerprint density at radius 3 is 3.08 bits per heavy atom. The lowest BCUT2D eigenvalue weighted by atomic mass is 10.5. The molecule has 0 aliphatic carbocycles. The minimum Gasteiger partial charge on any atom is -0.478 e. The van der Waals surface area contributed by atoms with Gasteiger partial charge in [-0.2, -0.15) is 0 Å². The van der Waals surface area contributed by atoms with Gasteiger partial charge in [-0.25, -0.2) is 9.97 Å². The summed E-state index contributed by atoms with van der Waals surface area (Å²) in [5.41, 5.74) is 0. The van der Waals surface area contributed by atoms with Crippen molar-refractivity contribution in [1.29, 1.82) is 0 Å². The van der Waals surface area contributed by atoms with E-state index in [0.717, 1.165) is 5.82 Å². The van der Waals surface area contributed by atoms with Gasteiger partial charge in [-0.15, -0.1) is 11.6 Å². The SMILES string of the molecule is CCOc1cc(NCCCl)ncn1. The number of alkyl halides is 1. The predicted molar refractivity (Wildman–Crippen MR) is 52.4 cm³/mol. The van der Waals surface area contributed by atoms with Gasteiger partial charge in [0.05, 0.1) is 6.61 Å². The number of ether oxygens (including phenoxy) is 1. The van der Waals surface area contributed by atoms with Crippen molar-refractivity contribution in [2.24, 2.45) is 0 Å². The molecule has 4 nitrogen and oxygen atoms in total. The lowest BCUT2D eigenvalue weighted by Gasteiger charge is -2.04. The minimum atomic E-state index is 0.550. The molecule has 1 aromatic rings. The maximum Gasteiger partial charge on any atom is 0.218 e. The molecule has 0 bridgehead atoms. The van der Waals surface area contributed by atoms with Crippen LogP contribution in [0.15, 0.2) is 12.4 Å². The standard InChI is InChI=1S/C8H12ClN3O/c1-2-13-8-5-7(10-4-3-9)11-6-12-8/h5-6H,2-4H2,1H3,(H,10,11,12). The molecule has 0 saturated heterocycles. The first-order chi connectivity index (χ1) is 6.36. The minimum absolute atomic E-state index is 0.550. The third kappa shape index (κ3) is 3.46. The van der Waals surface area contributed by atoms with Gasteiger partial charge < -0.3 is 10.1 Å². The molecule has 0 unspecified atom stereocenters. The molecule has 0 aliphatic rings. The number of anilines is 1. The smallest absolute Gasteiger partial charge is 0.218 e. The Hall–Kier alpha value is -1.03. The molecule has 72 valence electrons. The van der Waals surface area contributed by atoms with Crippen LogP contribution >= 0.6 is 11.6 Å². The van der Waals surface area contributed by atoms with Gasteiger partial charge >= 0.3 is 0 Å². The Balaban J connectivity index is 2.56. The van der Waals surface area contributed by atoms with Crippen LogP contribution in [0.25, 0.3) is 0 Å². The predicted octanol–water partition coefficient (Wildman–Crippen LogP) is 1.53. The van der Waals surface area contributed by atoms with E-state index < -0.39 is 0 Å². The molecule has 0 saturated carbocycles. The number of nitrogens with one attached hydrogen (secondary N) is 1. The van der Waals surface area contributed by atoms with E-state index in [1.54, 1.807) is 6.07 Å². The molecule has 1 heterocycles. The molecular weight excluding hydrogens is 190 g/mol. The highest BCUT2D eigenvalue weighted by molar-refractivity contribution is 6.18. The summed E-state index contributed by atoms with van der Waals surface area (Å²) in [6.07, 6.45) is 1.46. The summed E-state index contributed by atoms with van der Waals surface area (Å²) < 4.78 is 5.20. The van der Waals surface area contributed by atoms with E-state index in [4.69, 9.17) is 16.3 Å². The first-order valence-corrected chi connectivity index (χ1v) is 4.65. The molecule has 0 aromatic carbocycles. The molecule has 0 spiro atoms. The van der Waals surface area contributed by atoms with Gasteiger partial charge in [0.15, 0.2) is 0 Å². The van der Waals surface area contributed by atoms with Gasteiger partial charge in [-0.3, -0.25) is 0 Å². The lowest BCUT2D eigenvalue weighted by molar-refractivity contribution is 0.326. The second-order valence-corrected chi connectivity index (χ2v) is 2.67. The van der Waals surface area contributed by atoms with Crippen LogP contribution in [0, 0.1) is 0 Å². The van der Waals surface area contributed by atoms with Crippen LogP contribution in [0.2, 0.25) is 0 Å². The van der Waals surface area contributed by atoms with Crippen LogP contribution in [0.5, 0.6) is 5.88 Å². The van der Waals surface area contributed by atoms with Gasteiger partial charge in [0, 0.05) is 18.5 Å². The highest BCUT2D eigenvalue weighted by atomic mass is 35.5. The van der Waals surface area contributed by atoms with Crippen molar-refractivity contribution < 1.29 is 4.74 Å². The van der Waals surface area contributed by atoms with Crippen molar-refractivity contribution in [3.8, 4) is 5.88 Å². The van der Waals surface area contributed by atoms with Crippen LogP contribution in [0.3, 0.4) is 0 Å². The summed E-state index contributed by atoms with van der Waals surface area (Å²) in [5.74, 6) is 1.86. The number of halogens is 1. The number of hydrogen-bond donors (Lipinski definition) is 1. The Morgan fingerprint density at radius 1 is 1.54 bits per heavy atom. The summed E-state index contributed by atoms with van der Waals surface area (Å²) in [4.78, 5) is 7.93. The Bertz CT molecular complexity index is 257. The second kappa shape index (κ2) is 5.59. The fourth-order valence-electron chi connectivity index (χ4n) is 0.838. The van der Waals surface area contributed by atoms with Crippen LogP contribution in [-0.2, 0) is 0 Å². The van der Waals surface area contributed by atoms with Gasteiger partial charge in [0.2, 0.25) is 5.88 Å². The topological polar surface area (TPSA) is 47.0 Å². The fraction of sp³-hybridized carbons (Fsp3) is 0.500. The summed E-state index contributed by atoms with van der Waals surface area (Å²) in [6, 6.07) is 1.75. The Kier molecular flexibility index (Phi) is 4.32. The summed E-state index contributed by atoms with van der Waals surface area (Å²) in [6.45, 7) is 3.20. The molecule has 13 heavy (non-hydrogen) atoms. The number of nitrogens with zero attached hydrogens (tertiary/aromatic N) is 2. The Morgan fingerprint density at radius 2 is 2.38 bits per heavy atom. The van der Waals surface area contributed by atoms with Gasteiger partial charge in [0.25, 0.3) is 0 Å². The number of aromatic nitrogens is 2. The van der Waals surface area contributed by atoms with E-state index >= 15 is 0 Å². The van der Waals surface area contributed by atoms with Crippen molar-refractivity contribution in [3.05, 3.63) is 12.4 Å². The van der Waals surface area contributed by atoms with E-state index in [-0.39, 0.29) is 0 Å². The van der Waals surface area contributed by atoms with E-state index in [1.165, 1.54) is 6.33 Å². The lowest BCUT2D eigenvalue weighted by Crippen LogP contribution is -2.05. The fourth-order valence-corrected chi connectivity index (χ4v) is 0.933. The molecule has 0 fully saturated rings. The largest absolute Gasteiger partial charge is 0.478 e. The van der Waals surface area contributed by atoms with Crippen molar-refractivity contribution in [2.75, 3.05) is 24.3 Å². The zero-order valence-electron chi connectivity index (χ0n) is 7.46. The Labute approximate surface area is 82.3 Å². The van der Waals surface area contributed by atoms with Gasteiger partial charge in [0.1, 0.15) is 12.1 Å². The molecule has 0 radical (unpaired) electrons. The third-order valence-corrected chi connectivity index (χ3v) is 1.52. The van der Waals surface area contributed by atoms with E-state index in [0.29, 0.717) is 24.9 Å². The average Bonchev–Trinajstić information content (AvgIpc) is 2.16. The maximum atomic E-state index is 5.52. The van der Waals surface area contributed by atoms with Crippen LogP contribution < -0.4 is 10.1 Å². The summed E-state index contributed by atoms with van der Waals surface area (Å²) >= 11 is 5.52. The monoisotopic (exact) mass is 201 g/mol. The zero-order chi connectivity index (χ0) is 9.52. The van der Waals surface area contributed by atoms with Crippen LogP contribution in [0.1, 0.15) is 6.92 Å². The summed E-state index contributed by atoms with van der Waals surface area (Å²) in [7, 11) is 0. The maximum absolute atomic E-state index is 5.52. The molecule has 0 amide bonds. The van der Waals surface area contributed by atoms with Gasteiger partial charge in [-0.1, -0.05) is 0 Å². The van der Waals surface area contributed by atoms with E-state index in [2.05, 4.69) is 15.3 Å². The van der Waals surface area contributed by atoms with Crippen LogP contribution in [-0.4, -0.2) is 29.0 Å². The van der Waals surface area contributed by atoms with Gasteiger partial charge in [-0.05, 0) is 6.92 Å². The molecule has 1 rings (SSSR count). The second-order valence-electron chi connectivity index (χ2n) is 2.29. The van der Waals surface area contributed by atoms with Crippen molar-refractivity contribution >= 4 is 17.4 Å².